The summed E-state index contributed by atoms with van der Waals surface area (Å²) in [4.78, 5) is 22.4. The fourth-order valence-electron chi connectivity index (χ4n) is 8.03. The van der Waals surface area contributed by atoms with Crippen LogP contribution in [-0.4, -0.2) is 32.7 Å². The summed E-state index contributed by atoms with van der Waals surface area (Å²) >= 11 is 0. The number of benzene rings is 7. The average molecular weight is 773 g/mol. The van der Waals surface area contributed by atoms with Gasteiger partial charge in [-0.3, -0.25) is 4.90 Å². The summed E-state index contributed by atoms with van der Waals surface area (Å²) < 4.78 is 0. The van der Waals surface area contributed by atoms with Gasteiger partial charge in [-0.05, 0) is 63.9 Å². The van der Waals surface area contributed by atoms with E-state index in [-0.39, 0.29) is 12.3 Å². The van der Waals surface area contributed by atoms with Crippen molar-refractivity contribution >= 4 is 27.8 Å². The van der Waals surface area contributed by atoms with Crippen molar-refractivity contribution in [3.05, 3.63) is 240 Å². The predicted molar refractivity (Wildman–Crippen MR) is 244 cm³/mol. The maximum Gasteiger partial charge on any atom is 0.164 e. The molecule has 2 unspecified atom stereocenters. The number of allylic oxidation sites excluding steroid dienone is 5. The number of rotatable bonds is 8. The van der Waals surface area contributed by atoms with E-state index in [0.29, 0.717) is 17.5 Å². The molecule has 6 heteroatoms. The zero-order chi connectivity index (χ0) is 40.3. The molecule has 1 aliphatic heterocycles. The molecule has 2 atom stereocenters. The number of hydrogen-bond acceptors (Lipinski definition) is 6. The molecular weight excluding hydrogens is 733 g/mol. The number of aromatic nitrogens is 3. The number of aliphatic imine (C=N–C) groups is 1. The summed E-state index contributed by atoms with van der Waals surface area (Å²) in [7, 11) is 2.13. The van der Waals surface area contributed by atoms with E-state index in [1.807, 2.05) is 72.8 Å². The normalized spacial score (nSPS) is 16.4. The molecule has 1 aliphatic carbocycles. The lowest BCUT2D eigenvalue weighted by molar-refractivity contribution is 0.152. The van der Waals surface area contributed by atoms with Crippen LogP contribution in [0.2, 0.25) is 0 Å². The average Bonchev–Trinajstić information content (AvgIpc) is 3.59. The van der Waals surface area contributed by atoms with Crippen molar-refractivity contribution in [1.82, 2.24) is 25.2 Å². The van der Waals surface area contributed by atoms with Gasteiger partial charge in [-0.25, -0.2) is 19.9 Å². The Hall–Kier alpha value is -7.76. The largest absolute Gasteiger partial charge is 0.350 e. The van der Waals surface area contributed by atoms with E-state index in [2.05, 4.69) is 156 Å². The maximum absolute atomic E-state index is 5.32. The van der Waals surface area contributed by atoms with Crippen molar-refractivity contribution < 1.29 is 0 Å². The molecule has 0 saturated heterocycles. The Labute approximate surface area is 350 Å². The predicted octanol–water partition coefficient (Wildman–Crippen LogP) is 11.9. The Bertz CT molecular complexity index is 2940. The number of nitrogens with zero attached hydrogens (tertiary/aromatic N) is 5. The van der Waals surface area contributed by atoms with E-state index < -0.39 is 0 Å². The lowest BCUT2D eigenvalue weighted by Gasteiger charge is -2.39. The van der Waals surface area contributed by atoms with Gasteiger partial charge in [0.25, 0.3) is 0 Å². The van der Waals surface area contributed by atoms with Gasteiger partial charge in [-0.15, -0.1) is 5.73 Å². The molecule has 7 aromatic carbocycles. The SMILES string of the molecule is CN1C(c2ccccc2)N=C(c2cccc(-c3ccc(C4=C=CC(c5nc(-c6ccccc6)nc(-c6ccccc6)n5)=CC=C4)c4ccccc34)c2)NC1c1ccccc1. The summed E-state index contributed by atoms with van der Waals surface area (Å²) in [5.41, 5.74) is 14.0. The van der Waals surface area contributed by atoms with Crippen LogP contribution in [0, 0.1) is 0 Å². The molecule has 0 fully saturated rings. The van der Waals surface area contributed by atoms with Gasteiger partial charge in [0.2, 0.25) is 0 Å². The number of nitrogens with one attached hydrogen (secondary N) is 1. The third kappa shape index (κ3) is 7.29. The summed E-state index contributed by atoms with van der Waals surface area (Å²) in [5, 5.41) is 6.09. The van der Waals surface area contributed by atoms with Gasteiger partial charge in [0.15, 0.2) is 17.5 Å². The molecule has 8 aromatic rings. The molecule has 2 aliphatic rings. The Balaban J connectivity index is 1.01. The third-order valence-electron chi connectivity index (χ3n) is 11.1. The van der Waals surface area contributed by atoms with Crippen molar-refractivity contribution in [3.8, 4) is 33.9 Å². The molecule has 0 bridgehead atoms. The molecule has 10 rings (SSSR count). The van der Waals surface area contributed by atoms with Gasteiger partial charge in [0, 0.05) is 27.8 Å². The van der Waals surface area contributed by atoms with Gasteiger partial charge in [0.1, 0.15) is 18.2 Å². The fraction of sp³-hybridized carbons (Fsp3) is 0.0556. The Morgan fingerprint density at radius 2 is 1.05 bits per heavy atom. The standard InChI is InChI=1S/C54H40N6/c1-60-53(41-22-10-4-11-23-41)58-52(59-54(60)42-24-12-5-13-25-42)44-29-17-28-43(36-44)46-35-34-45(47-30-14-15-31-48(46)47)37-26-16-27-40(33-32-37)51-56-49(38-18-6-2-7-19-38)55-50(57-51)39-20-8-3-9-21-39/h2-31,33-36,53-54H,1H3,(H,58,59). The molecule has 60 heavy (non-hydrogen) atoms. The van der Waals surface area contributed by atoms with Crippen molar-refractivity contribution in [2.75, 3.05) is 7.05 Å². The van der Waals surface area contributed by atoms with Crippen LogP contribution in [0.15, 0.2) is 217 Å². The van der Waals surface area contributed by atoms with Crippen LogP contribution in [-0.2, 0) is 0 Å². The first kappa shape index (κ1) is 36.6. The monoisotopic (exact) mass is 772 g/mol. The number of hydrogen-bond donors (Lipinski definition) is 1. The van der Waals surface area contributed by atoms with Crippen LogP contribution < -0.4 is 5.32 Å². The molecule has 0 saturated carbocycles. The molecule has 286 valence electrons. The second kappa shape index (κ2) is 16.2. The minimum absolute atomic E-state index is 0.0569. The zero-order valence-corrected chi connectivity index (χ0v) is 33.0. The summed E-state index contributed by atoms with van der Waals surface area (Å²) in [6, 6.07) is 63.0. The minimum Gasteiger partial charge on any atom is -0.350 e. The highest BCUT2D eigenvalue weighted by atomic mass is 15.4. The topological polar surface area (TPSA) is 66.3 Å². The third-order valence-corrected chi connectivity index (χ3v) is 11.1. The Morgan fingerprint density at radius 3 is 1.72 bits per heavy atom. The zero-order valence-electron chi connectivity index (χ0n) is 33.0. The fourth-order valence-corrected chi connectivity index (χ4v) is 8.03. The van der Waals surface area contributed by atoms with Crippen molar-refractivity contribution in [3.63, 3.8) is 0 Å². The summed E-state index contributed by atoms with van der Waals surface area (Å²) in [6.07, 6.45) is 7.99. The second-order valence-electron chi connectivity index (χ2n) is 14.9. The Kier molecular flexibility index (Phi) is 9.90. The molecule has 2 heterocycles. The Morgan fingerprint density at radius 1 is 0.517 bits per heavy atom. The second-order valence-corrected chi connectivity index (χ2v) is 14.9. The maximum atomic E-state index is 5.32. The van der Waals surface area contributed by atoms with Crippen molar-refractivity contribution in [2.45, 2.75) is 12.3 Å². The van der Waals surface area contributed by atoms with Crippen molar-refractivity contribution in [1.29, 1.82) is 0 Å². The first-order valence-electron chi connectivity index (χ1n) is 20.2. The summed E-state index contributed by atoms with van der Waals surface area (Å²) in [5.74, 6) is 2.71. The summed E-state index contributed by atoms with van der Waals surface area (Å²) in [6.45, 7) is 0. The quantitative estimate of drug-likeness (QED) is 0.156. The minimum atomic E-state index is -0.151. The molecular formula is C54H40N6. The van der Waals surface area contributed by atoms with Gasteiger partial charge in [0.05, 0.1) is 0 Å². The highest BCUT2D eigenvalue weighted by Gasteiger charge is 2.31. The lowest BCUT2D eigenvalue weighted by atomic mass is 9.91. The van der Waals surface area contributed by atoms with E-state index in [4.69, 9.17) is 19.9 Å². The van der Waals surface area contributed by atoms with Crippen LogP contribution in [0.3, 0.4) is 0 Å². The highest BCUT2D eigenvalue weighted by molar-refractivity contribution is 6.06. The van der Waals surface area contributed by atoms with E-state index in [1.54, 1.807) is 0 Å². The van der Waals surface area contributed by atoms with Gasteiger partial charge >= 0.3 is 0 Å². The molecule has 1 aromatic heterocycles. The van der Waals surface area contributed by atoms with E-state index >= 15 is 0 Å². The molecule has 6 nitrogen and oxygen atoms in total. The van der Waals surface area contributed by atoms with Crippen LogP contribution in [0.5, 0.6) is 0 Å². The first-order valence-corrected chi connectivity index (χ1v) is 20.2. The molecule has 0 spiro atoms. The van der Waals surface area contributed by atoms with Crippen LogP contribution >= 0.6 is 0 Å². The molecule has 1 N–H and O–H groups in total. The van der Waals surface area contributed by atoms with Crippen LogP contribution in [0.4, 0.5) is 0 Å². The first-order chi connectivity index (χ1) is 29.7. The van der Waals surface area contributed by atoms with Crippen molar-refractivity contribution in [2.24, 2.45) is 4.99 Å². The molecule has 0 amide bonds. The lowest BCUT2D eigenvalue weighted by Crippen LogP contribution is -2.45. The van der Waals surface area contributed by atoms with E-state index in [0.717, 1.165) is 66.7 Å². The highest BCUT2D eigenvalue weighted by Crippen LogP contribution is 2.37. The van der Waals surface area contributed by atoms with E-state index in [9.17, 15) is 0 Å². The van der Waals surface area contributed by atoms with Gasteiger partial charge in [-0.2, -0.15) is 0 Å². The molecule has 0 radical (unpaired) electrons. The van der Waals surface area contributed by atoms with Crippen LogP contribution in [0.25, 0.3) is 55.8 Å². The smallest absolute Gasteiger partial charge is 0.164 e. The number of fused-ring (bicyclic) bond motifs is 1. The van der Waals surface area contributed by atoms with Gasteiger partial charge in [-0.1, -0.05) is 188 Å². The number of amidine groups is 1. The van der Waals surface area contributed by atoms with Crippen LogP contribution in [0.1, 0.15) is 40.4 Å². The van der Waals surface area contributed by atoms with Gasteiger partial charge < -0.3 is 5.32 Å². The van der Waals surface area contributed by atoms with E-state index in [1.165, 1.54) is 5.56 Å².